The average Bonchev–Trinajstić information content (AvgIpc) is 3.22. The van der Waals surface area contributed by atoms with Crippen molar-refractivity contribution in [1.82, 2.24) is 9.78 Å². The Kier molecular flexibility index (Phi) is 8.96. The normalized spacial score (nSPS) is 18.0. The number of ether oxygens (including phenoxy) is 2. The molecule has 1 aromatic heterocycles. The molecule has 1 fully saturated rings. The van der Waals surface area contributed by atoms with Gasteiger partial charge in [-0.1, -0.05) is 54.1 Å². The summed E-state index contributed by atoms with van der Waals surface area (Å²) in [6.45, 7) is 1.77. The van der Waals surface area contributed by atoms with Gasteiger partial charge in [0.2, 0.25) is 0 Å². The molecule has 1 aliphatic rings. The van der Waals surface area contributed by atoms with Crippen molar-refractivity contribution in [2.45, 2.75) is 38.6 Å². The van der Waals surface area contributed by atoms with E-state index in [0.29, 0.717) is 30.1 Å². The first kappa shape index (κ1) is 25.4. The molecule has 35 heavy (non-hydrogen) atoms. The fourth-order valence-electron chi connectivity index (χ4n) is 4.98. The van der Waals surface area contributed by atoms with Crippen LogP contribution in [0, 0.1) is 11.8 Å². The number of carboxylic acids is 1. The monoisotopic (exact) mass is 496 g/mol. The quantitative estimate of drug-likeness (QED) is 0.354. The minimum Gasteiger partial charge on any atom is -0.480 e. The molecule has 4 rings (SSSR count). The predicted octanol–water partition coefficient (Wildman–Crippen LogP) is 5.97. The third-order valence-corrected chi connectivity index (χ3v) is 6.97. The van der Waals surface area contributed by atoms with Crippen molar-refractivity contribution in [2.24, 2.45) is 11.8 Å². The number of hydrogen-bond acceptors (Lipinski definition) is 4. The topological polar surface area (TPSA) is 73.6 Å². The molecular weight excluding hydrogens is 464 g/mol. The van der Waals surface area contributed by atoms with Crippen LogP contribution < -0.4 is 0 Å². The van der Waals surface area contributed by atoms with Crippen LogP contribution >= 0.6 is 11.6 Å². The van der Waals surface area contributed by atoms with Crippen molar-refractivity contribution in [3.63, 3.8) is 0 Å². The Labute approximate surface area is 211 Å². The molecule has 1 N–H and O–H groups in total. The van der Waals surface area contributed by atoms with E-state index >= 15 is 0 Å². The number of rotatable bonds is 11. The molecule has 0 spiro atoms. The standard InChI is InChI=1S/C28H33ClN2O4/c1-34-15-14-25-27(23-8-5-9-24(29)16-23)28(22-6-3-2-4-7-22)30-31(25)17-20-10-12-21(13-11-20)18-35-19-26(32)33/h2-9,16,20-21H,10-15,17-19H2,1H3,(H,32,33)/t20-,21-. The van der Waals surface area contributed by atoms with Crippen LogP contribution in [0.15, 0.2) is 54.6 Å². The van der Waals surface area contributed by atoms with Crippen molar-refractivity contribution >= 4 is 17.6 Å². The maximum atomic E-state index is 10.7. The second-order valence-corrected chi connectivity index (χ2v) is 9.70. The van der Waals surface area contributed by atoms with E-state index in [-0.39, 0.29) is 6.61 Å². The van der Waals surface area contributed by atoms with Gasteiger partial charge >= 0.3 is 5.97 Å². The third kappa shape index (κ3) is 6.72. The van der Waals surface area contributed by atoms with Gasteiger partial charge in [0.15, 0.2) is 0 Å². The molecule has 0 aliphatic heterocycles. The minimum absolute atomic E-state index is 0.218. The summed E-state index contributed by atoms with van der Waals surface area (Å²) in [7, 11) is 1.73. The highest BCUT2D eigenvalue weighted by molar-refractivity contribution is 6.30. The molecule has 0 bridgehead atoms. The van der Waals surface area contributed by atoms with E-state index in [1.807, 2.05) is 36.4 Å². The highest BCUT2D eigenvalue weighted by Gasteiger charge is 2.26. The first-order valence-electron chi connectivity index (χ1n) is 12.2. The summed E-state index contributed by atoms with van der Waals surface area (Å²) in [4.78, 5) is 10.7. The fourth-order valence-corrected chi connectivity index (χ4v) is 5.17. The van der Waals surface area contributed by atoms with Gasteiger partial charge in [-0.25, -0.2) is 4.79 Å². The molecule has 1 heterocycles. The number of benzene rings is 2. The lowest BCUT2D eigenvalue weighted by molar-refractivity contribution is -0.142. The predicted molar refractivity (Wildman–Crippen MR) is 138 cm³/mol. The summed E-state index contributed by atoms with van der Waals surface area (Å²) < 4.78 is 13.0. The lowest BCUT2D eigenvalue weighted by Gasteiger charge is -2.28. The minimum atomic E-state index is -0.911. The molecule has 7 heteroatoms. The first-order valence-corrected chi connectivity index (χ1v) is 12.6. The molecule has 186 valence electrons. The molecule has 6 nitrogen and oxygen atoms in total. The second kappa shape index (κ2) is 12.3. The Hall–Kier alpha value is -2.67. The summed E-state index contributed by atoms with van der Waals surface area (Å²) in [5.74, 6) is 0.0338. The van der Waals surface area contributed by atoms with Crippen LogP contribution in [-0.2, 0) is 27.2 Å². The third-order valence-electron chi connectivity index (χ3n) is 6.74. The number of carboxylic acid groups (broad SMARTS) is 1. The average molecular weight is 497 g/mol. The van der Waals surface area contributed by atoms with E-state index < -0.39 is 5.97 Å². The van der Waals surface area contributed by atoms with Crippen LogP contribution in [0.4, 0.5) is 0 Å². The Balaban J connectivity index is 1.60. The number of hydrogen-bond donors (Lipinski definition) is 1. The SMILES string of the molecule is COCCc1c(-c2cccc(Cl)c2)c(-c2ccccc2)nn1C[C@H]1CC[C@H](COCC(=O)O)CC1. The fraction of sp³-hybridized carbons (Fsp3) is 0.429. The molecular formula is C28H33ClN2O4. The summed E-state index contributed by atoms with van der Waals surface area (Å²) >= 11 is 6.38. The number of carbonyl (C=O) groups is 1. The molecule has 0 saturated heterocycles. The van der Waals surface area contributed by atoms with Crippen molar-refractivity contribution in [3.8, 4) is 22.4 Å². The van der Waals surface area contributed by atoms with Gasteiger partial charge in [0.05, 0.1) is 13.2 Å². The van der Waals surface area contributed by atoms with Gasteiger partial charge in [0.25, 0.3) is 0 Å². The number of aliphatic carboxylic acids is 1. The maximum Gasteiger partial charge on any atom is 0.329 e. The van der Waals surface area contributed by atoms with Crippen LogP contribution in [0.3, 0.4) is 0 Å². The van der Waals surface area contributed by atoms with Crippen LogP contribution in [-0.4, -0.2) is 47.8 Å². The Bertz CT molecular complexity index is 1110. The molecule has 0 unspecified atom stereocenters. The molecule has 1 saturated carbocycles. The zero-order chi connectivity index (χ0) is 24.6. The lowest BCUT2D eigenvalue weighted by atomic mass is 9.82. The van der Waals surface area contributed by atoms with Crippen LogP contribution in [0.1, 0.15) is 31.4 Å². The van der Waals surface area contributed by atoms with E-state index in [9.17, 15) is 4.79 Å². The van der Waals surface area contributed by atoms with Crippen molar-refractivity contribution in [1.29, 1.82) is 0 Å². The van der Waals surface area contributed by atoms with Gasteiger partial charge in [0, 0.05) is 41.9 Å². The number of nitrogens with zero attached hydrogens (tertiary/aromatic N) is 2. The lowest BCUT2D eigenvalue weighted by Crippen LogP contribution is -2.24. The van der Waals surface area contributed by atoms with E-state index in [0.717, 1.165) is 61.0 Å². The highest BCUT2D eigenvalue weighted by atomic mass is 35.5. The second-order valence-electron chi connectivity index (χ2n) is 9.27. The van der Waals surface area contributed by atoms with E-state index in [4.69, 9.17) is 31.3 Å². The maximum absolute atomic E-state index is 10.7. The van der Waals surface area contributed by atoms with E-state index in [1.54, 1.807) is 7.11 Å². The molecule has 3 aromatic rings. The molecule has 0 radical (unpaired) electrons. The molecule has 2 aromatic carbocycles. The Morgan fingerprint density at radius 3 is 2.46 bits per heavy atom. The number of halogens is 1. The van der Waals surface area contributed by atoms with E-state index in [2.05, 4.69) is 22.9 Å². The van der Waals surface area contributed by atoms with Crippen LogP contribution in [0.25, 0.3) is 22.4 Å². The highest BCUT2D eigenvalue weighted by Crippen LogP contribution is 2.37. The molecule has 0 atom stereocenters. The number of methoxy groups -OCH3 is 1. The van der Waals surface area contributed by atoms with Gasteiger partial charge in [-0.2, -0.15) is 5.10 Å². The smallest absolute Gasteiger partial charge is 0.329 e. The van der Waals surface area contributed by atoms with Gasteiger partial charge in [0.1, 0.15) is 12.3 Å². The van der Waals surface area contributed by atoms with Gasteiger partial charge in [-0.05, 0) is 55.2 Å². The van der Waals surface area contributed by atoms with Crippen LogP contribution in [0.2, 0.25) is 5.02 Å². The molecule has 0 amide bonds. The Morgan fingerprint density at radius 1 is 1.06 bits per heavy atom. The van der Waals surface area contributed by atoms with Crippen LogP contribution in [0.5, 0.6) is 0 Å². The summed E-state index contributed by atoms with van der Waals surface area (Å²) in [5.41, 5.74) is 5.40. The first-order chi connectivity index (χ1) is 17.0. The van der Waals surface area contributed by atoms with Crippen molar-refractivity contribution in [2.75, 3.05) is 26.9 Å². The summed E-state index contributed by atoms with van der Waals surface area (Å²) in [6, 6.07) is 18.3. The number of aromatic nitrogens is 2. The zero-order valence-electron chi connectivity index (χ0n) is 20.2. The Morgan fingerprint density at radius 2 is 1.77 bits per heavy atom. The largest absolute Gasteiger partial charge is 0.480 e. The van der Waals surface area contributed by atoms with Crippen molar-refractivity contribution in [3.05, 3.63) is 65.3 Å². The van der Waals surface area contributed by atoms with Crippen molar-refractivity contribution < 1.29 is 19.4 Å². The molecule has 1 aliphatic carbocycles. The zero-order valence-corrected chi connectivity index (χ0v) is 20.9. The summed E-state index contributed by atoms with van der Waals surface area (Å²) in [6.07, 6.45) is 5.02. The van der Waals surface area contributed by atoms with Gasteiger partial charge in [-0.3, -0.25) is 4.68 Å². The summed E-state index contributed by atoms with van der Waals surface area (Å²) in [5, 5.41) is 14.6. The van der Waals surface area contributed by atoms with Gasteiger partial charge in [-0.15, -0.1) is 0 Å². The van der Waals surface area contributed by atoms with Gasteiger partial charge < -0.3 is 14.6 Å². The van der Waals surface area contributed by atoms with E-state index in [1.165, 1.54) is 5.69 Å².